The summed E-state index contributed by atoms with van der Waals surface area (Å²) in [6.07, 6.45) is -1.32. The van der Waals surface area contributed by atoms with Crippen molar-refractivity contribution in [2.75, 3.05) is 15.8 Å². The number of sulfonamides is 1. The van der Waals surface area contributed by atoms with E-state index in [-0.39, 0.29) is 17.4 Å². The number of hydrogen-bond acceptors (Lipinski definition) is 6. The lowest BCUT2D eigenvalue weighted by Gasteiger charge is -2.12. The van der Waals surface area contributed by atoms with Gasteiger partial charge in [-0.05, 0) is 42.8 Å². The summed E-state index contributed by atoms with van der Waals surface area (Å²) in [6.45, 7) is 1.75. The number of anilines is 3. The molecule has 30 heavy (non-hydrogen) atoms. The molecule has 0 saturated heterocycles. The molecule has 1 aromatic carbocycles. The largest absolute Gasteiger partial charge is 0.433 e. The van der Waals surface area contributed by atoms with E-state index in [0.717, 1.165) is 6.07 Å². The number of nitrogens with zero attached hydrogens (tertiary/aromatic N) is 3. The predicted octanol–water partition coefficient (Wildman–Crippen LogP) is 4.45. The molecule has 0 atom stereocenters. The van der Waals surface area contributed by atoms with E-state index in [1.807, 2.05) is 0 Å². The first-order chi connectivity index (χ1) is 14.2. The van der Waals surface area contributed by atoms with Gasteiger partial charge in [-0.1, -0.05) is 6.92 Å². The third-order valence-corrected chi connectivity index (χ3v) is 5.33. The van der Waals surface area contributed by atoms with Crippen molar-refractivity contribution in [3.8, 4) is 11.4 Å². The lowest BCUT2D eigenvalue weighted by atomic mass is 10.2. The van der Waals surface area contributed by atoms with Crippen molar-refractivity contribution in [2.24, 2.45) is 0 Å². The summed E-state index contributed by atoms with van der Waals surface area (Å²) < 4.78 is 65.9. The molecule has 0 aliphatic heterocycles. The summed E-state index contributed by atoms with van der Waals surface area (Å²) in [4.78, 5) is 11.6. The van der Waals surface area contributed by atoms with Crippen LogP contribution in [0.25, 0.3) is 11.4 Å². The molecule has 0 unspecified atom stereocenters. The van der Waals surface area contributed by atoms with Crippen LogP contribution < -0.4 is 10.0 Å². The van der Waals surface area contributed by atoms with Crippen LogP contribution in [0, 0.1) is 0 Å². The van der Waals surface area contributed by atoms with Crippen molar-refractivity contribution in [3.63, 3.8) is 0 Å². The zero-order valence-electron chi connectivity index (χ0n) is 15.8. The maximum Gasteiger partial charge on any atom is 0.433 e. The Morgan fingerprint density at radius 1 is 1.03 bits per heavy atom. The van der Waals surface area contributed by atoms with Gasteiger partial charge >= 0.3 is 6.18 Å². The summed E-state index contributed by atoms with van der Waals surface area (Å²) in [5, 5.41) is 2.79. The summed E-state index contributed by atoms with van der Waals surface area (Å²) in [5.41, 5.74) is 0.0243. The molecule has 0 saturated carbocycles. The van der Waals surface area contributed by atoms with Gasteiger partial charge in [0.2, 0.25) is 10.0 Å². The molecule has 3 aromatic rings. The van der Waals surface area contributed by atoms with E-state index in [9.17, 15) is 21.6 Å². The third-order valence-electron chi connectivity index (χ3n) is 3.84. The van der Waals surface area contributed by atoms with Gasteiger partial charge < -0.3 is 5.32 Å². The summed E-state index contributed by atoms with van der Waals surface area (Å²) in [7, 11) is -3.44. The smallest absolute Gasteiger partial charge is 0.340 e. The van der Waals surface area contributed by atoms with Crippen LogP contribution in [-0.4, -0.2) is 29.1 Å². The topological polar surface area (TPSA) is 96.9 Å². The predicted molar refractivity (Wildman–Crippen MR) is 108 cm³/mol. The highest BCUT2D eigenvalue weighted by Crippen LogP contribution is 2.31. The molecule has 0 radical (unpaired) electrons. The number of nitrogens with one attached hydrogen (secondary N) is 2. The molecule has 2 aromatic heterocycles. The van der Waals surface area contributed by atoms with Crippen LogP contribution in [0.15, 0.2) is 54.9 Å². The van der Waals surface area contributed by atoms with E-state index >= 15 is 0 Å². The molecule has 7 nitrogen and oxygen atoms in total. The normalized spacial score (nSPS) is 11.9. The first-order valence-electron chi connectivity index (χ1n) is 8.90. The van der Waals surface area contributed by atoms with Crippen LogP contribution in [0.4, 0.5) is 30.4 Å². The van der Waals surface area contributed by atoms with Gasteiger partial charge in [-0.25, -0.2) is 18.4 Å². The van der Waals surface area contributed by atoms with Crippen molar-refractivity contribution in [1.29, 1.82) is 0 Å². The standard InChI is InChI=1S/C19H18F3N5O2S/c1-2-10-30(28,29)27-15-7-5-14(6-8-15)24-17-11-16(19(20,21)22)25-18(26-17)13-4-3-9-23-12-13/h3-9,11-12,27H,2,10H2,1H3,(H,24,25,26). The number of pyridine rings is 1. The van der Waals surface area contributed by atoms with E-state index in [0.29, 0.717) is 23.4 Å². The first kappa shape index (κ1) is 21.5. The minimum atomic E-state index is -4.66. The number of aromatic nitrogens is 3. The minimum Gasteiger partial charge on any atom is -0.340 e. The maximum atomic E-state index is 13.3. The monoisotopic (exact) mass is 437 g/mol. The van der Waals surface area contributed by atoms with Crippen molar-refractivity contribution in [1.82, 2.24) is 15.0 Å². The second kappa shape index (κ2) is 8.66. The fourth-order valence-corrected chi connectivity index (χ4v) is 3.68. The Morgan fingerprint density at radius 2 is 1.73 bits per heavy atom. The Hall–Kier alpha value is -3.21. The highest BCUT2D eigenvalue weighted by molar-refractivity contribution is 7.92. The molecule has 2 N–H and O–H groups in total. The lowest BCUT2D eigenvalue weighted by molar-refractivity contribution is -0.141. The van der Waals surface area contributed by atoms with Gasteiger partial charge in [0.05, 0.1) is 5.75 Å². The van der Waals surface area contributed by atoms with Gasteiger partial charge in [-0.3, -0.25) is 9.71 Å². The fraction of sp³-hybridized carbons (Fsp3) is 0.211. The molecule has 0 aliphatic rings. The zero-order chi connectivity index (χ0) is 21.8. The molecule has 2 heterocycles. The van der Waals surface area contributed by atoms with Gasteiger partial charge in [0.1, 0.15) is 5.82 Å². The third kappa shape index (κ3) is 5.66. The Bertz CT molecular complexity index is 1110. The SMILES string of the molecule is CCCS(=O)(=O)Nc1ccc(Nc2cc(C(F)(F)F)nc(-c3cccnc3)n2)cc1. The van der Waals surface area contributed by atoms with Crippen LogP contribution in [0.5, 0.6) is 0 Å². The van der Waals surface area contributed by atoms with Crippen molar-refractivity contribution >= 4 is 27.2 Å². The van der Waals surface area contributed by atoms with Crippen LogP contribution in [-0.2, 0) is 16.2 Å². The van der Waals surface area contributed by atoms with E-state index in [1.54, 1.807) is 19.1 Å². The zero-order valence-corrected chi connectivity index (χ0v) is 16.6. The first-order valence-corrected chi connectivity index (χ1v) is 10.6. The molecular weight excluding hydrogens is 419 g/mol. The second-order valence-corrected chi connectivity index (χ2v) is 8.17. The average Bonchev–Trinajstić information content (AvgIpc) is 2.69. The van der Waals surface area contributed by atoms with E-state index in [4.69, 9.17) is 0 Å². The molecule has 3 rings (SSSR count). The van der Waals surface area contributed by atoms with Crippen LogP contribution in [0.3, 0.4) is 0 Å². The minimum absolute atomic E-state index is 0.00865. The quantitative estimate of drug-likeness (QED) is 0.567. The Balaban J connectivity index is 1.87. The average molecular weight is 437 g/mol. The molecule has 158 valence electrons. The van der Waals surface area contributed by atoms with Gasteiger partial charge in [0, 0.05) is 35.4 Å². The van der Waals surface area contributed by atoms with Crippen LogP contribution in [0.2, 0.25) is 0 Å². The van der Waals surface area contributed by atoms with E-state index in [2.05, 4.69) is 25.0 Å². The molecule has 11 heteroatoms. The van der Waals surface area contributed by atoms with Gasteiger partial charge in [-0.15, -0.1) is 0 Å². The maximum absolute atomic E-state index is 13.3. The number of rotatable bonds is 7. The number of halogens is 3. The van der Waals surface area contributed by atoms with Crippen molar-refractivity contribution in [3.05, 3.63) is 60.6 Å². The molecule has 0 spiro atoms. The Morgan fingerprint density at radius 3 is 2.33 bits per heavy atom. The number of benzene rings is 1. The van der Waals surface area contributed by atoms with E-state index in [1.165, 1.54) is 36.7 Å². The van der Waals surface area contributed by atoms with Crippen LogP contribution >= 0.6 is 0 Å². The van der Waals surface area contributed by atoms with Gasteiger partial charge in [-0.2, -0.15) is 13.2 Å². The number of alkyl halides is 3. The van der Waals surface area contributed by atoms with Gasteiger partial charge in [0.25, 0.3) is 0 Å². The molecule has 0 bridgehead atoms. The summed E-state index contributed by atoms with van der Waals surface area (Å²) in [6, 6.07) is 10.0. The van der Waals surface area contributed by atoms with Crippen LogP contribution in [0.1, 0.15) is 19.0 Å². The Kier molecular flexibility index (Phi) is 6.20. The highest BCUT2D eigenvalue weighted by atomic mass is 32.2. The fourth-order valence-electron chi connectivity index (χ4n) is 2.55. The summed E-state index contributed by atoms with van der Waals surface area (Å²) in [5.74, 6) is -0.189. The van der Waals surface area contributed by atoms with Gasteiger partial charge in [0.15, 0.2) is 11.5 Å². The summed E-state index contributed by atoms with van der Waals surface area (Å²) >= 11 is 0. The molecule has 0 fully saturated rings. The lowest BCUT2D eigenvalue weighted by Crippen LogP contribution is -2.16. The number of hydrogen-bond donors (Lipinski definition) is 2. The Labute approximate surface area is 171 Å². The molecular formula is C19H18F3N5O2S. The van der Waals surface area contributed by atoms with Crippen molar-refractivity contribution in [2.45, 2.75) is 19.5 Å². The molecule has 0 amide bonds. The van der Waals surface area contributed by atoms with E-state index < -0.39 is 21.9 Å². The molecule has 0 aliphatic carbocycles. The second-order valence-electron chi connectivity index (χ2n) is 6.32. The van der Waals surface area contributed by atoms with Crippen molar-refractivity contribution < 1.29 is 21.6 Å². The highest BCUT2D eigenvalue weighted by Gasteiger charge is 2.34.